The summed E-state index contributed by atoms with van der Waals surface area (Å²) in [7, 11) is 0. The fraction of sp³-hybridized carbons (Fsp3) is 0.438. The molecule has 0 aliphatic rings. The van der Waals surface area contributed by atoms with Gasteiger partial charge in [-0.15, -0.1) is 0 Å². The highest BCUT2D eigenvalue weighted by Crippen LogP contribution is 2.26. The Morgan fingerprint density at radius 2 is 2.00 bits per heavy atom. The van der Waals surface area contributed by atoms with E-state index in [4.69, 9.17) is 0 Å². The van der Waals surface area contributed by atoms with Crippen LogP contribution in [0.1, 0.15) is 42.4 Å². The normalized spacial score (nSPS) is 12.7. The molecule has 4 heteroatoms. The van der Waals surface area contributed by atoms with Gasteiger partial charge in [0.25, 0.3) is 0 Å². The van der Waals surface area contributed by atoms with Gasteiger partial charge in [0.1, 0.15) is 5.82 Å². The van der Waals surface area contributed by atoms with Crippen LogP contribution in [0.3, 0.4) is 0 Å². The topological polar surface area (TPSA) is 29.9 Å². The van der Waals surface area contributed by atoms with Crippen LogP contribution in [0.4, 0.5) is 4.39 Å². The predicted octanol–water partition coefficient (Wildman–Crippen LogP) is 3.36. The van der Waals surface area contributed by atoms with Crippen LogP contribution in [0.5, 0.6) is 0 Å². The van der Waals surface area contributed by atoms with Gasteiger partial charge in [0.2, 0.25) is 0 Å². The van der Waals surface area contributed by atoms with Crippen LogP contribution in [0.15, 0.2) is 24.3 Å². The van der Waals surface area contributed by atoms with E-state index in [0.29, 0.717) is 0 Å². The molecule has 1 aromatic carbocycles. The summed E-state index contributed by atoms with van der Waals surface area (Å²) in [5.74, 6) is -0.193. The minimum absolute atomic E-state index is 0.0433. The molecule has 108 valence electrons. The van der Waals surface area contributed by atoms with Crippen molar-refractivity contribution in [2.45, 2.75) is 40.3 Å². The standard InChI is InChI=1S/C16H22FN3/c1-5-18-16(14-8-7-13(17)9-11(14)3)15-10-12(4)19-20(15)6-2/h7-10,16,18H,5-6H2,1-4H3. The summed E-state index contributed by atoms with van der Waals surface area (Å²) < 4.78 is 15.3. The first-order valence-electron chi connectivity index (χ1n) is 7.10. The van der Waals surface area contributed by atoms with E-state index < -0.39 is 0 Å². The molecule has 2 aromatic rings. The average Bonchev–Trinajstić information content (AvgIpc) is 2.78. The third-order valence-electron chi connectivity index (χ3n) is 3.48. The molecule has 0 radical (unpaired) electrons. The minimum atomic E-state index is -0.193. The highest BCUT2D eigenvalue weighted by Gasteiger charge is 2.20. The minimum Gasteiger partial charge on any atom is -0.305 e. The van der Waals surface area contributed by atoms with Crippen molar-refractivity contribution in [2.24, 2.45) is 0 Å². The van der Waals surface area contributed by atoms with E-state index >= 15 is 0 Å². The van der Waals surface area contributed by atoms with Gasteiger partial charge in [-0.2, -0.15) is 5.10 Å². The first kappa shape index (κ1) is 14.7. The second kappa shape index (κ2) is 6.18. The summed E-state index contributed by atoms with van der Waals surface area (Å²) in [5, 5.41) is 7.99. The Kier molecular flexibility index (Phi) is 4.55. The smallest absolute Gasteiger partial charge is 0.123 e. The molecule has 0 spiro atoms. The van der Waals surface area contributed by atoms with Crippen molar-refractivity contribution in [3.05, 3.63) is 52.6 Å². The molecule has 0 bridgehead atoms. The molecule has 3 nitrogen and oxygen atoms in total. The third kappa shape index (κ3) is 2.90. The number of rotatable bonds is 5. The monoisotopic (exact) mass is 275 g/mol. The number of nitrogens with zero attached hydrogens (tertiary/aromatic N) is 2. The number of halogens is 1. The van der Waals surface area contributed by atoms with E-state index in [0.717, 1.165) is 35.6 Å². The Morgan fingerprint density at radius 1 is 1.25 bits per heavy atom. The van der Waals surface area contributed by atoms with Gasteiger partial charge in [-0.3, -0.25) is 4.68 Å². The number of hydrogen-bond donors (Lipinski definition) is 1. The first-order chi connectivity index (χ1) is 9.56. The second-order valence-corrected chi connectivity index (χ2v) is 5.02. The van der Waals surface area contributed by atoms with Crippen LogP contribution in [0.2, 0.25) is 0 Å². The molecule has 1 unspecified atom stereocenters. The van der Waals surface area contributed by atoms with Gasteiger partial charge < -0.3 is 5.32 Å². The molecule has 2 rings (SSSR count). The molecule has 0 amide bonds. The molecule has 1 N–H and O–H groups in total. The quantitative estimate of drug-likeness (QED) is 0.907. The number of benzene rings is 1. The van der Waals surface area contributed by atoms with Crippen LogP contribution in [-0.2, 0) is 6.54 Å². The van der Waals surface area contributed by atoms with Crippen molar-refractivity contribution >= 4 is 0 Å². The van der Waals surface area contributed by atoms with Crippen LogP contribution in [0, 0.1) is 19.7 Å². The number of nitrogens with one attached hydrogen (secondary N) is 1. The van der Waals surface area contributed by atoms with Gasteiger partial charge in [-0.25, -0.2) is 4.39 Å². The third-order valence-corrected chi connectivity index (χ3v) is 3.48. The Bertz CT molecular complexity index is 589. The Labute approximate surface area is 119 Å². The zero-order valence-corrected chi connectivity index (χ0v) is 12.6. The lowest BCUT2D eigenvalue weighted by Gasteiger charge is -2.21. The zero-order chi connectivity index (χ0) is 14.7. The maximum Gasteiger partial charge on any atom is 0.123 e. The number of hydrogen-bond acceptors (Lipinski definition) is 2. The summed E-state index contributed by atoms with van der Waals surface area (Å²) in [6.07, 6.45) is 0. The summed E-state index contributed by atoms with van der Waals surface area (Å²) in [5.41, 5.74) is 4.19. The molecule has 0 saturated carbocycles. The van der Waals surface area contributed by atoms with Gasteiger partial charge in [-0.1, -0.05) is 13.0 Å². The van der Waals surface area contributed by atoms with Crippen LogP contribution in [-0.4, -0.2) is 16.3 Å². The van der Waals surface area contributed by atoms with E-state index in [2.05, 4.69) is 30.3 Å². The van der Waals surface area contributed by atoms with Crippen LogP contribution >= 0.6 is 0 Å². The van der Waals surface area contributed by atoms with Gasteiger partial charge in [0, 0.05) is 6.54 Å². The molecular weight excluding hydrogens is 253 g/mol. The average molecular weight is 275 g/mol. The predicted molar refractivity (Wildman–Crippen MR) is 79.3 cm³/mol. The molecule has 1 heterocycles. The molecule has 0 saturated heterocycles. The lowest BCUT2D eigenvalue weighted by molar-refractivity contribution is 0.538. The molecular formula is C16H22FN3. The molecule has 1 atom stereocenters. The SMILES string of the molecule is CCNC(c1ccc(F)cc1C)c1cc(C)nn1CC. The molecule has 0 fully saturated rings. The highest BCUT2D eigenvalue weighted by atomic mass is 19.1. The van der Waals surface area contributed by atoms with Crippen molar-refractivity contribution in [3.8, 4) is 0 Å². The molecule has 0 aliphatic carbocycles. The van der Waals surface area contributed by atoms with Gasteiger partial charge >= 0.3 is 0 Å². The summed E-state index contributed by atoms with van der Waals surface area (Å²) in [4.78, 5) is 0. The molecule has 1 aromatic heterocycles. The van der Waals surface area contributed by atoms with Crippen molar-refractivity contribution in [1.29, 1.82) is 0 Å². The second-order valence-electron chi connectivity index (χ2n) is 5.02. The van der Waals surface area contributed by atoms with E-state index in [1.807, 2.05) is 24.6 Å². The van der Waals surface area contributed by atoms with E-state index in [9.17, 15) is 4.39 Å². The number of aromatic nitrogens is 2. The lowest BCUT2D eigenvalue weighted by atomic mass is 9.98. The Balaban J connectivity index is 2.49. The van der Waals surface area contributed by atoms with Crippen molar-refractivity contribution < 1.29 is 4.39 Å². The lowest BCUT2D eigenvalue weighted by Crippen LogP contribution is -2.25. The molecule has 0 aliphatic heterocycles. The highest BCUT2D eigenvalue weighted by molar-refractivity contribution is 5.35. The number of aryl methyl sites for hydroxylation is 3. The van der Waals surface area contributed by atoms with Gasteiger partial charge in [0.15, 0.2) is 0 Å². The maximum atomic E-state index is 13.3. The van der Waals surface area contributed by atoms with Crippen molar-refractivity contribution in [1.82, 2.24) is 15.1 Å². The summed E-state index contributed by atoms with van der Waals surface area (Å²) in [6, 6.07) is 7.10. The van der Waals surface area contributed by atoms with E-state index in [1.165, 1.54) is 6.07 Å². The zero-order valence-electron chi connectivity index (χ0n) is 12.6. The van der Waals surface area contributed by atoms with Crippen molar-refractivity contribution in [3.63, 3.8) is 0 Å². The summed E-state index contributed by atoms with van der Waals surface area (Å²) in [6.45, 7) is 9.76. The van der Waals surface area contributed by atoms with Crippen LogP contribution < -0.4 is 5.32 Å². The summed E-state index contributed by atoms with van der Waals surface area (Å²) >= 11 is 0. The molecule has 20 heavy (non-hydrogen) atoms. The van der Waals surface area contributed by atoms with Crippen LogP contribution in [0.25, 0.3) is 0 Å². The largest absolute Gasteiger partial charge is 0.305 e. The van der Waals surface area contributed by atoms with Crippen molar-refractivity contribution in [2.75, 3.05) is 6.54 Å². The van der Waals surface area contributed by atoms with E-state index in [1.54, 1.807) is 6.07 Å². The van der Waals surface area contributed by atoms with E-state index in [-0.39, 0.29) is 11.9 Å². The Hall–Kier alpha value is -1.68. The van der Waals surface area contributed by atoms with Gasteiger partial charge in [0.05, 0.1) is 17.4 Å². The fourth-order valence-electron chi connectivity index (χ4n) is 2.59. The maximum absolute atomic E-state index is 13.3. The van der Waals surface area contributed by atoms with Gasteiger partial charge in [-0.05, 0) is 56.6 Å². The Morgan fingerprint density at radius 3 is 2.60 bits per heavy atom. The first-order valence-corrected chi connectivity index (χ1v) is 7.10. The fourth-order valence-corrected chi connectivity index (χ4v) is 2.59.